The van der Waals surface area contributed by atoms with E-state index in [0.717, 1.165) is 19.6 Å². The minimum absolute atomic E-state index is 0.127. The molecule has 0 saturated carbocycles. The van der Waals surface area contributed by atoms with Crippen molar-refractivity contribution in [2.45, 2.75) is 6.42 Å². The highest BCUT2D eigenvalue weighted by molar-refractivity contribution is 5.78. The Morgan fingerprint density at radius 1 is 1.75 bits per heavy atom. The number of hydrogen-bond acceptors (Lipinski definition) is 3. The molecule has 0 aromatic heterocycles. The lowest BCUT2D eigenvalue weighted by molar-refractivity contribution is -0.127. The number of carbonyl (C=O) groups excluding carboxylic acids is 1. The van der Waals surface area contributed by atoms with Gasteiger partial charge in [0.2, 0.25) is 5.91 Å². The van der Waals surface area contributed by atoms with Gasteiger partial charge < -0.3 is 15.3 Å². The first-order valence-corrected chi connectivity index (χ1v) is 4.31. The van der Waals surface area contributed by atoms with Crippen LogP contribution in [-0.2, 0) is 4.79 Å². The summed E-state index contributed by atoms with van der Waals surface area (Å²) in [4.78, 5) is 13.0. The Morgan fingerprint density at radius 2 is 2.50 bits per heavy atom. The lowest BCUT2D eigenvalue weighted by Crippen LogP contribution is -2.32. The Bertz CT molecular complexity index is 161. The zero-order chi connectivity index (χ0) is 8.97. The van der Waals surface area contributed by atoms with Gasteiger partial charge in [0, 0.05) is 38.6 Å². The van der Waals surface area contributed by atoms with Crippen LogP contribution in [0.5, 0.6) is 0 Å². The maximum Gasteiger partial charge on any atom is 0.223 e. The maximum absolute atomic E-state index is 11.2. The van der Waals surface area contributed by atoms with Crippen molar-refractivity contribution in [3.8, 4) is 0 Å². The fourth-order valence-electron chi connectivity index (χ4n) is 1.44. The van der Waals surface area contributed by atoms with Gasteiger partial charge in [0.1, 0.15) is 0 Å². The van der Waals surface area contributed by atoms with E-state index in [9.17, 15) is 4.79 Å². The molecule has 1 atom stereocenters. The molecule has 0 aromatic carbocycles. The van der Waals surface area contributed by atoms with Crippen molar-refractivity contribution in [2.75, 3.05) is 33.3 Å². The van der Waals surface area contributed by atoms with Crippen molar-refractivity contribution in [2.24, 2.45) is 5.92 Å². The topological polar surface area (TPSA) is 52.6 Å². The lowest BCUT2D eigenvalue weighted by Gasteiger charge is -2.15. The summed E-state index contributed by atoms with van der Waals surface area (Å²) >= 11 is 0. The summed E-state index contributed by atoms with van der Waals surface area (Å²) in [7, 11) is 1.87. The van der Waals surface area contributed by atoms with Gasteiger partial charge in [-0.15, -0.1) is 0 Å². The number of likely N-dealkylation sites (N-methyl/N-ethyl adjacent to an activating group) is 1. The van der Waals surface area contributed by atoms with Gasteiger partial charge in [-0.2, -0.15) is 0 Å². The Morgan fingerprint density at radius 3 is 3.00 bits per heavy atom. The van der Waals surface area contributed by atoms with E-state index in [1.807, 2.05) is 7.05 Å². The Kier molecular flexibility index (Phi) is 3.49. The number of rotatable bonds is 4. The molecule has 1 unspecified atom stereocenters. The molecule has 0 radical (unpaired) electrons. The molecule has 0 aromatic rings. The molecule has 1 amide bonds. The second-order valence-corrected chi connectivity index (χ2v) is 3.20. The lowest BCUT2D eigenvalue weighted by atomic mass is 10.1. The average Bonchev–Trinajstić information content (AvgIpc) is 2.43. The minimum Gasteiger partial charge on any atom is -0.396 e. The number of nitrogens with one attached hydrogen (secondary N) is 1. The van der Waals surface area contributed by atoms with E-state index < -0.39 is 0 Å². The SMILES string of the molecule is CNCCN1CC(CO)CC1=O. The highest BCUT2D eigenvalue weighted by Crippen LogP contribution is 2.15. The molecule has 0 spiro atoms. The van der Waals surface area contributed by atoms with E-state index in [4.69, 9.17) is 5.11 Å². The van der Waals surface area contributed by atoms with Crippen molar-refractivity contribution in [3.63, 3.8) is 0 Å². The summed E-state index contributed by atoms with van der Waals surface area (Å²) in [5, 5.41) is 11.8. The zero-order valence-electron chi connectivity index (χ0n) is 7.42. The van der Waals surface area contributed by atoms with Crippen LogP contribution in [0.3, 0.4) is 0 Å². The van der Waals surface area contributed by atoms with Crippen molar-refractivity contribution in [1.29, 1.82) is 0 Å². The standard InChI is InChI=1S/C8H16N2O2/c1-9-2-3-10-5-7(6-11)4-8(10)12/h7,9,11H,2-6H2,1H3. The molecule has 2 N–H and O–H groups in total. The van der Waals surface area contributed by atoms with Crippen LogP contribution in [0.2, 0.25) is 0 Å². The molecule has 1 rings (SSSR count). The highest BCUT2D eigenvalue weighted by atomic mass is 16.3. The fourth-order valence-corrected chi connectivity index (χ4v) is 1.44. The Labute approximate surface area is 72.6 Å². The zero-order valence-corrected chi connectivity index (χ0v) is 7.42. The number of likely N-dealkylation sites (tertiary alicyclic amines) is 1. The molecule has 0 bridgehead atoms. The first-order valence-electron chi connectivity index (χ1n) is 4.31. The average molecular weight is 172 g/mol. The summed E-state index contributed by atoms with van der Waals surface area (Å²) < 4.78 is 0. The fraction of sp³-hybridized carbons (Fsp3) is 0.875. The van der Waals surface area contributed by atoms with Crippen molar-refractivity contribution >= 4 is 5.91 Å². The van der Waals surface area contributed by atoms with Gasteiger partial charge in [-0.05, 0) is 7.05 Å². The van der Waals surface area contributed by atoms with Gasteiger partial charge in [-0.1, -0.05) is 0 Å². The van der Waals surface area contributed by atoms with Crippen LogP contribution in [-0.4, -0.2) is 49.2 Å². The Balaban J connectivity index is 2.31. The minimum atomic E-state index is 0.127. The number of hydrogen-bond donors (Lipinski definition) is 2. The van der Waals surface area contributed by atoms with Crippen LogP contribution >= 0.6 is 0 Å². The Hall–Kier alpha value is -0.610. The van der Waals surface area contributed by atoms with E-state index in [-0.39, 0.29) is 18.4 Å². The molecule has 70 valence electrons. The first kappa shape index (κ1) is 9.48. The summed E-state index contributed by atoms with van der Waals surface area (Å²) in [6.45, 7) is 2.43. The summed E-state index contributed by atoms with van der Waals surface area (Å²) in [6, 6.07) is 0. The molecule has 4 heteroatoms. The van der Waals surface area contributed by atoms with Gasteiger partial charge in [-0.3, -0.25) is 4.79 Å². The van der Waals surface area contributed by atoms with Crippen LogP contribution in [0.25, 0.3) is 0 Å². The van der Waals surface area contributed by atoms with Gasteiger partial charge in [0.15, 0.2) is 0 Å². The molecule has 1 aliphatic rings. The first-order chi connectivity index (χ1) is 5.77. The molecule has 1 heterocycles. The third kappa shape index (κ3) is 2.19. The number of aliphatic hydroxyl groups is 1. The predicted octanol–water partition coefficient (Wildman–Crippen LogP) is -0.953. The van der Waals surface area contributed by atoms with Crippen molar-refractivity contribution in [3.05, 3.63) is 0 Å². The van der Waals surface area contributed by atoms with E-state index in [1.165, 1.54) is 0 Å². The van der Waals surface area contributed by atoms with E-state index in [0.29, 0.717) is 6.42 Å². The van der Waals surface area contributed by atoms with Crippen LogP contribution in [0.4, 0.5) is 0 Å². The van der Waals surface area contributed by atoms with Gasteiger partial charge >= 0.3 is 0 Å². The molecular formula is C8H16N2O2. The molecule has 1 saturated heterocycles. The third-order valence-electron chi connectivity index (χ3n) is 2.18. The summed E-state index contributed by atoms with van der Waals surface area (Å²) in [5.41, 5.74) is 0. The largest absolute Gasteiger partial charge is 0.396 e. The molecular weight excluding hydrogens is 156 g/mol. The quantitative estimate of drug-likeness (QED) is 0.574. The molecule has 4 nitrogen and oxygen atoms in total. The number of nitrogens with zero attached hydrogens (tertiary/aromatic N) is 1. The predicted molar refractivity (Wildman–Crippen MR) is 45.7 cm³/mol. The number of aliphatic hydroxyl groups excluding tert-OH is 1. The van der Waals surface area contributed by atoms with Crippen molar-refractivity contribution in [1.82, 2.24) is 10.2 Å². The van der Waals surface area contributed by atoms with Crippen LogP contribution in [0.1, 0.15) is 6.42 Å². The van der Waals surface area contributed by atoms with E-state index in [2.05, 4.69) is 5.32 Å². The van der Waals surface area contributed by atoms with Crippen LogP contribution in [0.15, 0.2) is 0 Å². The van der Waals surface area contributed by atoms with Gasteiger partial charge in [-0.25, -0.2) is 0 Å². The van der Waals surface area contributed by atoms with Crippen LogP contribution in [0, 0.1) is 5.92 Å². The summed E-state index contributed by atoms with van der Waals surface area (Å²) in [6.07, 6.45) is 0.514. The highest BCUT2D eigenvalue weighted by Gasteiger charge is 2.27. The second-order valence-electron chi connectivity index (χ2n) is 3.20. The maximum atomic E-state index is 11.2. The van der Waals surface area contributed by atoms with Gasteiger partial charge in [0.25, 0.3) is 0 Å². The van der Waals surface area contributed by atoms with E-state index in [1.54, 1.807) is 4.90 Å². The summed E-state index contributed by atoms with van der Waals surface area (Å²) in [5.74, 6) is 0.332. The normalized spacial score (nSPS) is 23.7. The van der Waals surface area contributed by atoms with Gasteiger partial charge in [0.05, 0.1) is 0 Å². The van der Waals surface area contributed by atoms with E-state index >= 15 is 0 Å². The van der Waals surface area contributed by atoms with Crippen LogP contribution < -0.4 is 5.32 Å². The molecule has 0 aliphatic carbocycles. The molecule has 1 fully saturated rings. The monoisotopic (exact) mass is 172 g/mol. The smallest absolute Gasteiger partial charge is 0.223 e. The molecule has 12 heavy (non-hydrogen) atoms. The number of amides is 1. The van der Waals surface area contributed by atoms with Crippen molar-refractivity contribution < 1.29 is 9.90 Å². The number of carbonyl (C=O) groups is 1. The third-order valence-corrected chi connectivity index (χ3v) is 2.18. The second kappa shape index (κ2) is 4.42. The molecule has 1 aliphatic heterocycles.